The van der Waals surface area contributed by atoms with Gasteiger partial charge in [-0.1, -0.05) is 17.7 Å². The molecular formula is C16H13F2NOS. The smallest absolute Gasteiger partial charge is 0.238 e. The molecule has 1 aliphatic heterocycles. The van der Waals surface area contributed by atoms with Crippen molar-refractivity contribution in [2.75, 3.05) is 5.32 Å². The first-order chi connectivity index (χ1) is 10.0. The molecule has 0 radical (unpaired) electrons. The van der Waals surface area contributed by atoms with Crippen LogP contribution < -0.4 is 5.32 Å². The topological polar surface area (TPSA) is 29.1 Å². The number of carbonyl (C=O) groups is 1. The van der Waals surface area contributed by atoms with Gasteiger partial charge in [-0.05, 0) is 37.1 Å². The van der Waals surface area contributed by atoms with Crippen molar-refractivity contribution >= 4 is 23.4 Å². The number of benzene rings is 2. The molecule has 2 aromatic carbocycles. The van der Waals surface area contributed by atoms with Gasteiger partial charge in [-0.3, -0.25) is 4.79 Å². The first kappa shape index (κ1) is 14.1. The average Bonchev–Trinajstić information content (AvgIpc) is 2.86. The molecule has 1 heterocycles. The van der Waals surface area contributed by atoms with Crippen LogP contribution in [0.2, 0.25) is 0 Å². The minimum Gasteiger partial charge on any atom is -0.323 e. The Kier molecular flexibility index (Phi) is 3.68. The number of amides is 1. The third-order valence-electron chi connectivity index (χ3n) is 3.38. The van der Waals surface area contributed by atoms with Crippen LogP contribution in [0.3, 0.4) is 0 Å². The van der Waals surface area contributed by atoms with E-state index in [1.807, 2.05) is 25.1 Å². The molecule has 0 aromatic heterocycles. The maximum atomic E-state index is 13.5. The van der Waals surface area contributed by atoms with Gasteiger partial charge < -0.3 is 5.32 Å². The van der Waals surface area contributed by atoms with Gasteiger partial charge >= 0.3 is 0 Å². The number of hydrogen-bond donors (Lipinski definition) is 1. The van der Waals surface area contributed by atoms with Gasteiger partial charge in [0.1, 0.15) is 11.6 Å². The fraction of sp³-hybridized carbons (Fsp3) is 0.188. The maximum absolute atomic E-state index is 13.5. The number of fused-ring (bicyclic) bond motifs is 1. The van der Waals surface area contributed by atoms with E-state index in [-0.39, 0.29) is 16.8 Å². The van der Waals surface area contributed by atoms with Gasteiger partial charge in [-0.15, -0.1) is 11.8 Å². The van der Waals surface area contributed by atoms with Gasteiger partial charge in [-0.25, -0.2) is 8.78 Å². The lowest BCUT2D eigenvalue weighted by Crippen LogP contribution is -2.25. The molecule has 0 saturated heterocycles. The van der Waals surface area contributed by atoms with Gasteiger partial charge in [0.2, 0.25) is 5.91 Å². The molecule has 3 rings (SSSR count). The number of thioether (sulfide) groups is 1. The molecule has 0 fully saturated rings. The molecule has 1 amide bonds. The van der Waals surface area contributed by atoms with Crippen molar-refractivity contribution in [1.82, 2.24) is 0 Å². The lowest BCUT2D eigenvalue weighted by molar-refractivity contribution is -0.115. The molecule has 21 heavy (non-hydrogen) atoms. The zero-order valence-corrected chi connectivity index (χ0v) is 12.1. The number of hydrogen-bond acceptors (Lipinski definition) is 2. The van der Waals surface area contributed by atoms with E-state index in [9.17, 15) is 13.6 Å². The highest BCUT2D eigenvalue weighted by molar-refractivity contribution is 8.01. The molecule has 2 aromatic rings. The summed E-state index contributed by atoms with van der Waals surface area (Å²) in [6, 6.07) is 9.07. The Balaban J connectivity index is 1.74. The first-order valence-electron chi connectivity index (χ1n) is 6.55. The number of halogens is 2. The molecule has 2 nitrogen and oxygen atoms in total. The summed E-state index contributed by atoms with van der Waals surface area (Å²) in [7, 11) is 0. The minimum absolute atomic E-state index is 0.118. The van der Waals surface area contributed by atoms with Gasteiger partial charge in [0.15, 0.2) is 0 Å². The fourth-order valence-electron chi connectivity index (χ4n) is 2.29. The SMILES string of the molecule is Cc1ccc2c(c1)SC(C(=O)Nc1cc(F)ccc1F)C2. The predicted octanol–water partition coefficient (Wildman–Crippen LogP) is 3.93. The fourth-order valence-corrected chi connectivity index (χ4v) is 3.58. The predicted molar refractivity (Wildman–Crippen MR) is 79.5 cm³/mol. The van der Waals surface area contributed by atoms with Crippen molar-refractivity contribution in [1.29, 1.82) is 0 Å². The molecule has 1 N–H and O–H groups in total. The highest BCUT2D eigenvalue weighted by Crippen LogP contribution is 2.38. The van der Waals surface area contributed by atoms with E-state index in [4.69, 9.17) is 0 Å². The van der Waals surface area contributed by atoms with Gasteiger partial charge in [0.25, 0.3) is 0 Å². The van der Waals surface area contributed by atoms with Crippen LogP contribution >= 0.6 is 11.8 Å². The van der Waals surface area contributed by atoms with E-state index < -0.39 is 11.6 Å². The lowest BCUT2D eigenvalue weighted by atomic mass is 10.1. The third-order valence-corrected chi connectivity index (χ3v) is 4.68. The molecule has 1 unspecified atom stereocenters. The monoisotopic (exact) mass is 305 g/mol. The number of anilines is 1. The van der Waals surface area contributed by atoms with Crippen molar-refractivity contribution in [2.24, 2.45) is 0 Å². The second-order valence-electron chi connectivity index (χ2n) is 5.04. The summed E-state index contributed by atoms with van der Waals surface area (Å²) >= 11 is 1.46. The van der Waals surface area contributed by atoms with Crippen LogP contribution in [0.5, 0.6) is 0 Å². The summed E-state index contributed by atoms with van der Waals surface area (Å²) in [5, 5.41) is 2.15. The molecule has 0 spiro atoms. The zero-order chi connectivity index (χ0) is 15.0. The van der Waals surface area contributed by atoms with E-state index in [0.717, 1.165) is 34.2 Å². The standard InChI is InChI=1S/C16H13F2NOS/c1-9-2-3-10-7-15(21-14(10)6-9)16(20)19-13-8-11(17)4-5-12(13)18/h2-6,8,15H,7H2,1H3,(H,19,20). The maximum Gasteiger partial charge on any atom is 0.238 e. The van der Waals surface area contributed by atoms with E-state index >= 15 is 0 Å². The van der Waals surface area contributed by atoms with Crippen molar-refractivity contribution in [2.45, 2.75) is 23.5 Å². The summed E-state index contributed by atoms with van der Waals surface area (Å²) in [6.07, 6.45) is 0.600. The van der Waals surface area contributed by atoms with Gasteiger partial charge in [-0.2, -0.15) is 0 Å². The molecule has 0 saturated carbocycles. The van der Waals surface area contributed by atoms with Crippen molar-refractivity contribution < 1.29 is 13.6 Å². The van der Waals surface area contributed by atoms with Crippen LogP contribution in [0.1, 0.15) is 11.1 Å². The van der Waals surface area contributed by atoms with Crippen LogP contribution in [-0.2, 0) is 11.2 Å². The summed E-state index contributed by atoms with van der Waals surface area (Å²) in [5.41, 5.74) is 2.14. The first-order valence-corrected chi connectivity index (χ1v) is 7.43. The Hall–Kier alpha value is -1.88. The second-order valence-corrected chi connectivity index (χ2v) is 6.28. The highest BCUT2D eigenvalue weighted by atomic mass is 32.2. The Morgan fingerprint density at radius 1 is 1.24 bits per heavy atom. The quantitative estimate of drug-likeness (QED) is 0.911. The van der Waals surface area contributed by atoms with Gasteiger partial charge in [0, 0.05) is 11.0 Å². The summed E-state index contributed by atoms with van der Waals surface area (Å²) < 4.78 is 26.7. The summed E-state index contributed by atoms with van der Waals surface area (Å²) in [4.78, 5) is 13.3. The summed E-state index contributed by atoms with van der Waals surface area (Å²) in [5.74, 6) is -1.52. The average molecular weight is 305 g/mol. The second kappa shape index (κ2) is 5.48. The Morgan fingerprint density at radius 2 is 2.05 bits per heavy atom. The third kappa shape index (κ3) is 2.93. The van der Waals surface area contributed by atoms with E-state index in [2.05, 4.69) is 5.32 Å². The molecule has 5 heteroatoms. The normalized spacial score (nSPS) is 16.6. The summed E-state index contributed by atoms with van der Waals surface area (Å²) in [6.45, 7) is 2.00. The van der Waals surface area contributed by atoms with Crippen LogP contribution in [0.4, 0.5) is 14.5 Å². The number of carbonyl (C=O) groups excluding carboxylic acids is 1. The Morgan fingerprint density at radius 3 is 2.86 bits per heavy atom. The van der Waals surface area contributed by atoms with Gasteiger partial charge in [0.05, 0.1) is 10.9 Å². The van der Waals surface area contributed by atoms with Crippen LogP contribution in [0.15, 0.2) is 41.3 Å². The van der Waals surface area contributed by atoms with E-state index in [1.54, 1.807) is 0 Å². The zero-order valence-electron chi connectivity index (χ0n) is 11.3. The molecule has 108 valence electrons. The Labute approximate surface area is 125 Å². The molecule has 1 atom stereocenters. The van der Waals surface area contributed by atoms with Crippen LogP contribution in [0.25, 0.3) is 0 Å². The van der Waals surface area contributed by atoms with Crippen LogP contribution in [0, 0.1) is 18.6 Å². The van der Waals surface area contributed by atoms with Crippen molar-refractivity contribution in [3.05, 3.63) is 59.2 Å². The van der Waals surface area contributed by atoms with Crippen molar-refractivity contribution in [3.8, 4) is 0 Å². The highest BCUT2D eigenvalue weighted by Gasteiger charge is 2.28. The largest absolute Gasteiger partial charge is 0.323 e. The lowest BCUT2D eigenvalue weighted by Gasteiger charge is -2.10. The number of rotatable bonds is 2. The molecule has 1 aliphatic rings. The molecule has 0 bridgehead atoms. The Bertz CT molecular complexity index is 717. The van der Waals surface area contributed by atoms with E-state index in [1.165, 1.54) is 11.8 Å². The number of aryl methyl sites for hydroxylation is 1. The van der Waals surface area contributed by atoms with Crippen LogP contribution in [-0.4, -0.2) is 11.2 Å². The van der Waals surface area contributed by atoms with E-state index in [0.29, 0.717) is 6.42 Å². The number of nitrogens with one attached hydrogen (secondary N) is 1. The van der Waals surface area contributed by atoms with Crippen molar-refractivity contribution in [3.63, 3.8) is 0 Å². The minimum atomic E-state index is -0.638. The molecule has 0 aliphatic carbocycles. The molecular weight excluding hydrogens is 292 g/mol.